The molecule has 5 nitrogen and oxygen atoms in total. The average Bonchev–Trinajstić information content (AvgIpc) is 3.64. The van der Waals surface area contributed by atoms with Gasteiger partial charge in [-0.2, -0.15) is 0 Å². The smallest absolute Gasteiger partial charge is 0.173 e. The fourth-order valence-electron chi connectivity index (χ4n) is 5.51. The van der Waals surface area contributed by atoms with Gasteiger partial charge in [0.05, 0.1) is 5.39 Å². The Balaban J connectivity index is 1.26. The van der Waals surface area contributed by atoms with Crippen molar-refractivity contribution in [2.45, 2.75) is 58.8 Å². The van der Waals surface area contributed by atoms with E-state index in [9.17, 15) is 0 Å². The van der Waals surface area contributed by atoms with Crippen LogP contribution >= 0.6 is 23.6 Å². The van der Waals surface area contributed by atoms with E-state index in [0.29, 0.717) is 11.3 Å². The Kier molecular flexibility index (Phi) is 5.96. The summed E-state index contributed by atoms with van der Waals surface area (Å²) in [6.45, 7) is 10.8. The number of thiocarbonyl (C=S) groups is 1. The van der Waals surface area contributed by atoms with E-state index in [1.165, 1.54) is 47.3 Å². The van der Waals surface area contributed by atoms with E-state index in [4.69, 9.17) is 22.2 Å². The van der Waals surface area contributed by atoms with Gasteiger partial charge in [-0.25, -0.2) is 9.97 Å². The first-order valence-electron chi connectivity index (χ1n) is 13.0. The summed E-state index contributed by atoms with van der Waals surface area (Å²) in [6, 6.07) is 10.2. The molecule has 184 valence electrons. The van der Waals surface area contributed by atoms with Gasteiger partial charge in [0.1, 0.15) is 16.5 Å². The SMILES string of the molecule is CC(C)(C)[C@H]1CCc2c(sc3nc(C4CC4)nc(N4CCN(C(=S)Nc5ccccc5)CC4)c23)C1. The Morgan fingerprint density at radius 3 is 2.46 bits per heavy atom. The Bertz CT molecular complexity index is 1230. The first kappa shape index (κ1) is 23.2. The minimum absolute atomic E-state index is 0.351. The van der Waals surface area contributed by atoms with Crippen molar-refractivity contribution in [2.75, 3.05) is 36.4 Å². The maximum Gasteiger partial charge on any atom is 0.173 e. The lowest BCUT2D eigenvalue weighted by Gasteiger charge is -2.37. The van der Waals surface area contributed by atoms with E-state index in [0.717, 1.165) is 55.1 Å². The quantitative estimate of drug-likeness (QED) is 0.425. The summed E-state index contributed by atoms with van der Waals surface area (Å²) in [4.78, 5) is 17.9. The minimum atomic E-state index is 0.351. The molecule has 2 aliphatic carbocycles. The summed E-state index contributed by atoms with van der Waals surface area (Å²) in [6.07, 6.45) is 6.07. The van der Waals surface area contributed by atoms with Crippen LogP contribution in [0.2, 0.25) is 0 Å². The van der Waals surface area contributed by atoms with Gasteiger partial charge in [-0.05, 0) is 73.4 Å². The molecule has 1 atom stereocenters. The number of nitrogens with zero attached hydrogens (tertiary/aromatic N) is 4. The van der Waals surface area contributed by atoms with Crippen LogP contribution in [0.1, 0.15) is 62.2 Å². The Hall–Kier alpha value is -2.25. The predicted octanol–water partition coefficient (Wildman–Crippen LogP) is 6.24. The lowest BCUT2D eigenvalue weighted by atomic mass is 9.72. The molecule has 0 bridgehead atoms. The molecule has 1 N–H and O–H groups in total. The van der Waals surface area contributed by atoms with Crippen LogP contribution in [0.15, 0.2) is 30.3 Å². The summed E-state index contributed by atoms with van der Waals surface area (Å²) < 4.78 is 0. The summed E-state index contributed by atoms with van der Waals surface area (Å²) in [5.41, 5.74) is 2.93. The zero-order valence-electron chi connectivity index (χ0n) is 21.0. The predicted molar refractivity (Wildman–Crippen MR) is 151 cm³/mol. The molecule has 1 aromatic carbocycles. The highest BCUT2D eigenvalue weighted by molar-refractivity contribution is 7.80. The van der Waals surface area contributed by atoms with E-state index in [-0.39, 0.29) is 0 Å². The number of aromatic nitrogens is 2. The molecule has 1 saturated carbocycles. The van der Waals surface area contributed by atoms with E-state index in [1.807, 2.05) is 29.5 Å². The normalized spacial score (nSPS) is 20.7. The maximum atomic E-state index is 5.73. The van der Waals surface area contributed by atoms with Crippen molar-refractivity contribution >= 4 is 50.4 Å². The lowest BCUT2D eigenvalue weighted by Crippen LogP contribution is -2.50. The van der Waals surface area contributed by atoms with E-state index in [1.54, 1.807) is 4.88 Å². The molecule has 3 heterocycles. The number of thiophene rings is 1. The third kappa shape index (κ3) is 4.65. The minimum Gasteiger partial charge on any atom is -0.352 e. The second kappa shape index (κ2) is 9.00. The van der Waals surface area contributed by atoms with Gasteiger partial charge in [-0.15, -0.1) is 11.3 Å². The van der Waals surface area contributed by atoms with Crippen LogP contribution in [0, 0.1) is 11.3 Å². The molecule has 2 fully saturated rings. The van der Waals surface area contributed by atoms with Crippen LogP contribution in [0.5, 0.6) is 0 Å². The third-order valence-electron chi connectivity index (χ3n) is 7.97. The number of aryl methyl sites for hydroxylation is 1. The number of fused-ring (bicyclic) bond motifs is 3. The summed E-state index contributed by atoms with van der Waals surface area (Å²) in [5.74, 6) is 3.56. The molecule has 7 heteroatoms. The molecule has 6 rings (SSSR count). The van der Waals surface area contributed by atoms with Crippen LogP contribution in [0.3, 0.4) is 0 Å². The van der Waals surface area contributed by atoms with Gasteiger partial charge < -0.3 is 15.1 Å². The Labute approximate surface area is 217 Å². The molecule has 0 radical (unpaired) electrons. The molecule has 35 heavy (non-hydrogen) atoms. The van der Waals surface area contributed by atoms with Crippen molar-refractivity contribution in [2.24, 2.45) is 11.3 Å². The second-order valence-corrected chi connectivity index (χ2v) is 12.9. The number of nitrogens with one attached hydrogen (secondary N) is 1. The van der Waals surface area contributed by atoms with Crippen LogP contribution in [0.4, 0.5) is 11.5 Å². The highest BCUT2D eigenvalue weighted by Gasteiger charge is 2.35. The van der Waals surface area contributed by atoms with E-state index in [2.05, 4.69) is 48.0 Å². The fraction of sp³-hybridized carbons (Fsp3) is 0.536. The first-order valence-corrected chi connectivity index (χ1v) is 14.3. The number of hydrogen-bond donors (Lipinski definition) is 1. The molecule has 0 amide bonds. The van der Waals surface area contributed by atoms with Crippen LogP contribution in [-0.2, 0) is 12.8 Å². The Morgan fingerprint density at radius 2 is 1.77 bits per heavy atom. The van der Waals surface area contributed by atoms with Crippen molar-refractivity contribution in [3.8, 4) is 0 Å². The maximum absolute atomic E-state index is 5.73. The van der Waals surface area contributed by atoms with E-state index >= 15 is 0 Å². The number of benzene rings is 1. The van der Waals surface area contributed by atoms with Crippen LogP contribution < -0.4 is 10.2 Å². The summed E-state index contributed by atoms with van der Waals surface area (Å²) in [5, 5.41) is 5.55. The molecule has 1 aliphatic heterocycles. The molecule has 1 saturated heterocycles. The zero-order chi connectivity index (χ0) is 24.2. The third-order valence-corrected chi connectivity index (χ3v) is 9.47. The average molecular weight is 506 g/mol. The second-order valence-electron chi connectivity index (χ2n) is 11.4. The largest absolute Gasteiger partial charge is 0.352 e. The number of para-hydroxylation sites is 1. The van der Waals surface area contributed by atoms with Gasteiger partial charge in [0, 0.05) is 42.7 Å². The van der Waals surface area contributed by atoms with Gasteiger partial charge in [0.25, 0.3) is 0 Å². The number of anilines is 2. The number of hydrogen-bond acceptors (Lipinski definition) is 5. The van der Waals surface area contributed by atoms with Gasteiger partial charge in [-0.3, -0.25) is 0 Å². The highest BCUT2D eigenvalue weighted by Crippen LogP contribution is 2.47. The molecular weight excluding hydrogens is 470 g/mol. The first-order chi connectivity index (χ1) is 16.9. The van der Waals surface area contributed by atoms with Crippen molar-refractivity contribution in [1.82, 2.24) is 14.9 Å². The number of piperazine rings is 1. The molecule has 0 unspecified atom stereocenters. The van der Waals surface area contributed by atoms with Crippen molar-refractivity contribution in [3.63, 3.8) is 0 Å². The monoisotopic (exact) mass is 505 g/mol. The van der Waals surface area contributed by atoms with Crippen molar-refractivity contribution < 1.29 is 0 Å². The standard InChI is InChI=1S/C28H35N5S2/c1-28(2,3)19-11-12-21-22(17-19)35-26-23(21)25(30-24(31-26)18-9-10-18)32-13-15-33(16-14-32)27(34)29-20-7-5-4-6-8-20/h4-8,18-19H,9-17H2,1-3H3,(H,29,34)/t19-/m0/s1. The highest BCUT2D eigenvalue weighted by atomic mass is 32.1. The lowest BCUT2D eigenvalue weighted by molar-refractivity contribution is 0.218. The van der Waals surface area contributed by atoms with Gasteiger partial charge >= 0.3 is 0 Å². The van der Waals surface area contributed by atoms with Crippen molar-refractivity contribution in [3.05, 3.63) is 46.6 Å². The topological polar surface area (TPSA) is 44.3 Å². The Morgan fingerprint density at radius 1 is 1.03 bits per heavy atom. The molecule has 3 aliphatic rings. The molecule has 3 aromatic rings. The van der Waals surface area contributed by atoms with Crippen molar-refractivity contribution in [1.29, 1.82) is 0 Å². The summed E-state index contributed by atoms with van der Waals surface area (Å²) in [7, 11) is 0. The van der Waals surface area contributed by atoms with Gasteiger partial charge in [0.15, 0.2) is 5.11 Å². The molecule has 2 aromatic heterocycles. The van der Waals surface area contributed by atoms with Crippen LogP contribution in [-0.4, -0.2) is 46.2 Å². The van der Waals surface area contributed by atoms with Gasteiger partial charge in [0.2, 0.25) is 0 Å². The molecule has 0 spiro atoms. The van der Waals surface area contributed by atoms with Gasteiger partial charge in [-0.1, -0.05) is 39.0 Å². The van der Waals surface area contributed by atoms with E-state index < -0.39 is 0 Å². The van der Waals surface area contributed by atoms with Crippen LogP contribution in [0.25, 0.3) is 10.2 Å². The zero-order valence-corrected chi connectivity index (χ0v) is 22.6. The number of rotatable bonds is 3. The fourth-order valence-corrected chi connectivity index (χ4v) is 7.11. The molecular formula is C28H35N5S2. The summed E-state index contributed by atoms with van der Waals surface area (Å²) >= 11 is 7.68.